The van der Waals surface area contributed by atoms with Crippen molar-refractivity contribution in [1.82, 2.24) is 0 Å². The first kappa shape index (κ1) is 18.9. The maximum atomic E-state index is 12.5. The lowest BCUT2D eigenvalue weighted by atomic mass is 10.1. The van der Waals surface area contributed by atoms with Gasteiger partial charge in [-0.1, -0.05) is 42.0 Å². The van der Waals surface area contributed by atoms with Crippen molar-refractivity contribution in [3.63, 3.8) is 0 Å². The Morgan fingerprint density at radius 3 is 2.15 bits per heavy atom. The monoisotopic (exact) mass is 379 g/mol. The average molecular weight is 379 g/mol. The number of nitrogens with one attached hydrogen (secondary N) is 1. The first-order chi connectivity index (χ1) is 12.8. The molecule has 0 radical (unpaired) electrons. The number of hydrogen-bond donors (Lipinski definition) is 1. The van der Waals surface area contributed by atoms with E-state index in [0.717, 1.165) is 16.8 Å². The summed E-state index contributed by atoms with van der Waals surface area (Å²) in [6.07, 6.45) is 0. The Bertz CT molecular complexity index is 1050. The molecule has 1 N–H and O–H groups in total. The summed E-state index contributed by atoms with van der Waals surface area (Å²) < 4.78 is 25.1. The van der Waals surface area contributed by atoms with E-state index in [1.165, 1.54) is 0 Å². The molecule has 4 nitrogen and oxygen atoms in total. The Balaban J connectivity index is 1.71. The van der Waals surface area contributed by atoms with Crippen molar-refractivity contribution in [2.45, 2.75) is 24.5 Å². The molecule has 3 aromatic carbocycles. The molecular formula is C22H21NO3S. The molecule has 27 heavy (non-hydrogen) atoms. The lowest BCUT2D eigenvalue weighted by Gasteiger charge is -2.08. The Hall–Kier alpha value is -2.92. The van der Waals surface area contributed by atoms with Crippen LogP contribution in [0.1, 0.15) is 27.0 Å². The topological polar surface area (TPSA) is 63.2 Å². The Labute approximate surface area is 159 Å². The summed E-state index contributed by atoms with van der Waals surface area (Å²) in [5.74, 6) is -0.330. The van der Waals surface area contributed by atoms with E-state index in [-0.39, 0.29) is 11.7 Å². The van der Waals surface area contributed by atoms with Crippen LogP contribution in [-0.4, -0.2) is 14.3 Å². The van der Waals surface area contributed by atoms with E-state index in [1.54, 1.807) is 48.5 Å². The molecule has 0 unspecified atom stereocenters. The number of sulfone groups is 1. The molecule has 0 spiro atoms. The summed E-state index contributed by atoms with van der Waals surface area (Å²) in [6.45, 7) is 3.87. The fraction of sp³-hybridized carbons (Fsp3) is 0.136. The smallest absolute Gasteiger partial charge is 0.255 e. The van der Waals surface area contributed by atoms with Crippen molar-refractivity contribution in [1.29, 1.82) is 0 Å². The lowest BCUT2D eigenvalue weighted by molar-refractivity contribution is 0.102. The molecule has 0 aromatic heterocycles. The number of aryl methyl sites for hydroxylation is 2. The quantitative estimate of drug-likeness (QED) is 0.708. The van der Waals surface area contributed by atoms with E-state index < -0.39 is 9.84 Å². The number of rotatable bonds is 5. The van der Waals surface area contributed by atoms with E-state index in [2.05, 4.69) is 5.32 Å². The summed E-state index contributed by atoms with van der Waals surface area (Å²) in [6, 6.07) is 21.0. The molecule has 1 amide bonds. The van der Waals surface area contributed by atoms with Gasteiger partial charge in [-0.25, -0.2) is 8.42 Å². The highest BCUT2D eigenvalue weighted by atomic mass is 32.2. The fourth-order valence-corrected chi connectivity index (χ4v) is 4.08. The number of hydrogen-bond acceptors (Lipinski definition) is 3. The SMILES string of the molecule is Cc1ccc(S(=O)(=O)Cc2ccc(C(=O)Nc3cccc(C)c3)cc2)cc1. The van der Waals surface area contributed by atoms with Crippen molar-refractivity contribution in [2.24, 2.45) is 0 Å². The first-order valence-corrected chi connectivity index (χ1v) is 10.3. The summed E-state index contributed by atoms with van der Waals surface area (Å²) in [4.78, 5) is 12.6. The average Bonchev–Trinajstić information content (AvgIpc) is 2.62. The molecule has 0 atom stereocenters. The summed E-state index contributed by atoms with van der Waals surface area (Å²) in [5, 5.41) is 2.84. The zero-order chi connectivity index (χ0) is 19.4. The Kier molecular flexibility index (Phi) is 5.42. The summed E-state index contributed by atoms with van der Waals surface area (Å²) in [5.41, 5.74) is 3.92. The first-order valence-electron chi connectivity index (χ1n) is 8.60. The van der Waals surface area contributed by atoms with Gasteiger partial charge in [0.2, 0.25) is 0 Å². The highest BCUT2D eigenvalue weighted by molar-refractivity contribution is 7.90. The van der Waals surface area contributed by atoms with Crippen molar-refractivity contribution < 1.29 is 13.2 Å². The predicted molar refractivity (Wildman–Crippen MR) is 108 cm³/mol. The number of carbonyl (C=O) groups is 1. The molecule has 0 saturated heterocycles. The minimum Gasteiger partial charge on any atom is -0.322 e. The molecule has 138 valence electrons. The molecule has 0 bridgehead atoms. The van der Waals surface area contributed by atoms with Crippen LogP contribution in [0.5, 0.6) is 0 Å². The van der Waals surface area contributed by atoms with Crippen molar-refractivity contribution in [3.05, 3.63) is 95.1 Å². The zero-order valence-electron chi connectivity index (χ0n) is 15.3. The van der Waals surface area contributed by atoms with Gasteiger partial charge in [0.1, 0.15) is 0 Å². The molecule has 0 heterocycles. The van der Waals surface area contributed by atoms with Crippen LogP contribution >= 0.6 is 0 Å². The van der Waals surface area contributed by atoms with Crippen molar-refractivity contribution in [2.75, 3.05) is 5.32 Å². The van der Waals surface area contributed by atoms with Gasteiger partial charge in [0.05, 0.1) is 10.6 Å². The second-order valence-corrected chi connectivity index (χ2v) is 8.58. The molecular weight excluding hydrogens is 358 g/mol. The van der Waals surface area contributed by atoms with E-state index in [4.69, 9.17) is 0 Å². The van der Waals surface area contributed by atoms with Gasteiger partial charge in [-0.2, -0.15) is 0 Å². The third-order valence-electron chi connectivity index (χ3n) is 4.23. The second kappa shape index (κ2) is 7.76. The highest BCUT2D eigenvalue weighted by Gasteiger charge is 2.15. The minimum absolute atomic E-state index is 0.101. The van der Waals surface area contributed by atoms with Crippen LogP contribution in [0.3, 0.4) is 0 Å². The van der Waals surface area contributed by atoms with Gasteiger partial charge in [-0.05, 0) is 61.4 Å². The predicted octanol–water partition coefficient (Wildman–Crippen LogP) is 4.53. The Morgan fingerprint density at radius 2 is 1.52 bits per heavy atom. The lowest BCUT2D eigenvalue weighted by Crippen LogP contribution is -2.12. The maximum absolute atomic E-state index is 12.5. The third-order valence-corrected chi connectivity index (χ3v) is 5.93. The van der Waals surface area contributed by atoms with Gasteiger partial charge in [0, 0.05) is 11.3 Å². The summed E-state index contributed by atoms with van der Waals surface area (Å²) >= 11 is 0. The molecule has 0 aliphatic heterocycles. The third kappa shape index (κ3) is 4.83. The van der Waals surface area contributed by atoms with Crippen molar-refractivity contribution >= 4 is 21.4 Å². The van der Waals surface area contributed by atoms with Gasteiger partial charge in [0.15, 0.2) is 9.84 Å². The van der Waals surface area contributed by atoms with Crippen LogP contribution in [0.15, 0.2) is 77.7 Å². The fourth-order valence-electron chi connectivity index (χ4n) is 2.73. The second-order valence-electron chi connectivity index (χ2n) is 6.59. The number of benzene rings is 3. The van der Waals surface area contributed by atoms with Gasteiger partial charge < -0.3 is 5.32 Å². The van der Waals surface area contributed by atoms with Crippen LogP contribution in [0.4, 0.5) is 5.69 Å². The molecule has 0 aliphatic carbocycles. The van der Waals surface area contributed by atoms with Gasteiger partial charge >= 0.3 is 0 Å². The van der Waals surface area contributed by atoms with E-state index >= 15 is 0 Å². The van der Waals surface area contributed by atoms with E-state index in [1.807, 2.05) is 38.1 Å². The highest BCUT2D eigenvalue weighted by Crippen LogP contribution is 2.18. The van der Waals surface area contributed by atoms with Crippen LogP contribution in [0, 0.1) is 13.8 Å². The van der Waals surface area contributed by atoms with Crippen LogP contribution in [0.25, 0.3) is 0 Å². The molecule has 0 saturated carbocycles. The van der Waals surface area contributed by atoms with Gasteiger partial charge in [-0.3, -0.25) is 4.79 Å². The largest absolute Gasteiger partial charge is 0.322 e. The number of anilines is 1. The summed E-state index contributed by atoms with van der Waals surface area (Å²) in [7, 11) is -3.42. The molecule has 0 fully saturated rings. The van der Waals surface area contributed by atoms with Crippen LogP contribution in [-0.2, 0) is 15.6 Å². The minimum atomic E-state index is -3.42. The van der Waals surface area contributed by atoms with Crippen LogP contribution < -0.4 is 5.32 Å². The molecule has 5 heteroatoms. The van der Waals surface area contributed by atoms with Crippen LogP contribution in [0.2, 0.25) is 0 Å². The molecule has 3 aromatic rings. The van der Waals surface area contributed by atoms with Crippen molar-refractivity contribution in [3.8, 4) is 0 Å². The standard InChI is InChI=1S/C22H21NO3S/c1-16-6-12-21(13-7-16)27(25,26)15-18-8-10-19(11-9-18)22(24)23-20-5-3-4-17(2)14-20/h3-14H,15H2,1-2H3,(H,23,24). The molecule has 3 rings (SSSR count). The normalized spacial score (nSPS) is 11.2. The number of amides is 1. The van der Waals surface area contributed by atoms with E-state index in [9.17, 15) is 13.2 Å². The number of carbonyl (C=O) groups excluding carboxylic acids is 1. The zero-order valence-corrected chi connectivity index (χ0v) is 16.1. The maximum Gasteiger partial charge on any atom is 0.255 e. The van der Waals surface area contributed by atoms with Gasteiger partial charge in [-0.15, -0.1) is 0 Å². The Morgan fingerprint density at radius 1 is 0.852 bits per heavy atom. The van der Waals surface area contributed by atoms with E-state index in [0.29, 0.717) is 16.0 Å². The molecule has 0 aliphatic rings. The van der Waals surface area contributed by atoms with Gasteiger partial charge in [0.25, 0.3) is 5.91 Å².